The van der Waals surface area contributed by atoms with E-state index in [0.717, 1.165) is 11.1 Å². The van der Waals surface area contributed by atoms with E-state index in [2.05, 4.69) is 18.7 Å². The van der Waals surface area contributed by atoms with Crippen LogP contribution in [0.5, 0.6) is 0 Å². The van der Waals surface area contributed by atoms with Crippen LogP contribution in [0.3, 0.4) is 0 Å². The molecule has 1 rings (SSSR count). The van der Waals surface area contributed by atoms with Gasteiger partial charge in [0.05, 0.1) is 0 Å². The molecule has 0 amide bonds. The Labute approximate surface area is 97.3 Å². The maximum Gasteiger partial charge on any atom is 0.123 e. The maximum absolute atomic E-state index is 13.2. The molecule has 0 spiro atoms. The zero-order valence-electron chi connectivity index (χ0n) is 10.7. The molecule has 0 aliphatic heterocycles. The molecule has 1 atom stereocenters. The van der Waals surface area contributed by atoms with E-state index in [4.69, 9.17) is 5.73 Å². The van der Waals surface area contributed by atoms with Crippen molar-refractivity contribution in [2.24, 2.45) is 5.73 Å². The molecule has 2 N–H and O–H groups in total. The number of likely N-dealkylation sites (N-methyl/N-ethyl adjacent to an activating group) is 1. The fourth-order valence-electron chi connectivity index (χ4n) is 1.61. The number of nitrogens with zero attached hydrogens (tertiary/aromatic N) is 1. The molecule has 0 aromatic heterocycles. The van der Waals surface area contributed by atoms with Crippen LogP contribution in [-0.4, -0.2) is 24.5 Å². The molecule has 0 aliphatic rings. The summed E-state index contributed by atoms with van der Waals surface area (Å²) in [5.74, 6) is -0.231. The van der Waals surface area contributed by atoms with Gasteiger partial charge in [-0.3, -0.25) is 0 Å². The van der Waals surface area contributed by atoms with Crippen LogP contribution < -0.4 is 5.73 Å². The van der Waals surface area contributed by atoms with Crippen LogP contribution in [0.4, 0.5) is 4.39 Å². The molecule has 16 heavy (non-hydrogen) atoms. The first-order chi connectivity index (χ1) is 7.26. The van der Waals surface area contributed by atoms with Gasteiger partial charge in [-0.1, -0.05) is 6.07 Å². The number of nitrogens with two attached hydrogens (primary N) is 1. The Morgan fingerprint density at radius 3 is 2.38 bits per heavy atom. The summed E-state index contributed by atoms with van der Waals surface area (Å²) in [6.45, 7) is 6.07. The van der Waals surface area contributed by atoms with Gasteiger partial charge in [0, 0.05) is 11.6 Å². The van der Waals surface area contributed by atoms with Gasteiger partial charge in [0.1, 0.15) is 5.82 Å². The Bertz CT molecular complexity index is 372. The van der Waals surface area contributed by atoms with Crippen molar-refractivity contribution in [1.29, 1.82) is 0 Å². The van der Waals surface area contributed by atoms with Crippen LogP contribution >= 0.6 is 0 Å². The van der Waals surface area contributed by atoms with Crippen LogP contribution in [0, 0.1) is 12.7 Å². The molecule has 0 bridgehead atoms. The van der Waals surface area contributed by atoms with E-state index in [0.29, 0.717) is 0 Å². The predicted molar refractivity (Wildman–Crippen MR) is 65.8 cm³/mol. The van der Waals surface area contributed by atoms with Crippen LogP contribution in [0.15, 0.2) is 18.2 Å². The Balaban J connectivity index is 3.14. The summed E-state index contributed by atoms with van der Waals surface area (Å²) >= 11 is 0. The van der Waals surface area contributed by atoms with Crippen molar-refractivity contribution in [2.45, 2.75) is 32.4 Å². The molecule has 0 heterocycles. The molecule has 0 saturated heterocycles. The molecule has 0 fully saturated rings. The average molecular weight is 224 g/mol. The van der Waals surface area contributed by atoms with Crippen molar-refractivity contribution in [1.82, 2.24) is 4.90 Å². The van der Waals surface area contributed by atoms with Gasteiger partial charge in [-0.25, -0.2) is 4.39 Å². The van der Waals surface area contributed by atoms with Crippen LogP contribution in [-0.2, 0) is 0 Å². The Hall–Kier alpha value is -0.930. The number of benzene rings is 1. The van der Waals surface area contributed by atoms with Crippen molar-refractivity contribution in [3.8, 4) is 0 Å². The molecule has 1 unspecified atom stereocenters. The fourth-order valence-corrected chi connectivity index (χ4v) is 1.61. The van der Waals surface area contributed by atoms with E-state index in [1.54, 1.807) is 6.07 Å². The summed E-state index contributed by atoms with van der Waals surface area (Å²) in [6.07, 6.45) is 0. The van der Waals surface area contributed by atoms with E-state index in [1.807, 2.05) is 21.0 Å². The number of aryl methyl sites for hydroxylation is 1. The predicted octanol–water partition coefficient (Wildman–Crippen LogP) is 2.47. The molecule has 90 valence electrons. The van der Waals surface area contributed by atoms with Crippen molar-refractivity contribution >= 4 is 0 Å². The minimum absolute atomic E-state index is 0.210. The molecule has 1 aromatic carbocycles. The largest absolute Gasteiger partial charge is 0.322 e. The molecule has 1 aromatic rings. The quantitative estimate of drug-likeness (QED) is 0.854. The average Bonchev–Trinajstić information content (AvgIpc) is 2.20. The highest BCUT2D eigenvalue weighted by atomic mass is 19.1. The van der Waals surface area contributed by atoms with E-state index in [1.165, 1.54) is 12.1 Å². The first-order valence-electron chi connectivity index (χ1n) is 5.46. The maximum atomic E-state index is 13.2. The van der Waals surface area contributed by atoms with Crippen LogP contribution in [0.2, 0.25) is 0 Å². The third-order valence-electron chi connectivity index (χ3n) is 3.49. The first-order valence-corrected chi connectivity index (χ1v) is 5.46. The second-order valence-corrected chi connectivity index (χ2v) is 5.03. The zero-order chi connectivity index (χ0) is 12.5. The van der Waals surface area contributed by atoms with Gasteiger partial charge in [-0.05, 0) is 58.1 Å². The molecule has 3 heteroatoms. The zero-order valence-corrected chi connectivity index (χ0v) is 10.7. The van der Waals surface area contributed by atoms with Crippen LogP contribution in [0.25, 0.3) is 0 Å². The van der Waals surface area contributed by atoms with Gasteiger partial charge < -0.3 is 10.6 Å². The first kappa shape index (κ1) is 13.1. The standard InChI is InChI=1S/C13H21FN2/c1-9-6-7-10(14)8-11(9)12(15)13(2,3)16(4)5/h6-8,12H,15H2,1-5H3. The summed E-state index contributed by atoms with van der Waals surface area (Å²) in [5.41, 5.74) is 7.93. The highest BCUT2D eigenvalue weighted by Gasteiger charge is 2.30. The summed E-state index contributed by atoms with van der Waals surface area (Å²) in [6, 6.07) is 4.56. The summed E-state index contributed by atoms with van der Waals surface area (Å²) < 4.78 is 13.2. The smallest absolute Gasteiger partial charge is 0.123 e. The molecular formula is C13H21FN2. The highest BCUT2D eigenvalue weighted by molar-refractivity contribution is 5.31. The Morgan fingerprint density at radius 1 is 1.31 bits per heavy atom. The van der Waals surface area contributed by atoms with Crippen molar-refractivity contribution < 1.29 is 4.39 Å². The monoisotopic (exact) mass is 224 g/mol. The van der Waals surface area contributed by atoms with Gasteiger partial charge in [0.25, 0.3) is 0 Å². The third-order valence-corrected chi connectivity index (χ3v) is 3.49. The van der Waals surface area contributed by atoms with Gasteiger partial charge in [-0.2, -0.15) is 0 Å². The minimum atomic E-state index is -0.231. The van der Waals surface area contributed by atoms with Gasteiger partial charge in [0.15, 0.2) is 0 Å². The SMILES string of the molecule is Cc1ccc(F)cc1C(N)C(C)(C)N(C)C. The lowest BCUT2D eigenvalue weighted by Crippen LogP contribution is -2.47. The van der Waals surface area contributed by atoms with Crippen molar-refractivity contribution in [3.63, 3.8) is 0 Å². The third kappa shape index (κ3) is 2.42. The van der Waals surface area contributed by atoms with Gasteiger partial charge >= 0.3 is 0 Å². The van der Waals surface area contributed by atoms with Gasteiger partial charge in [0.2, 0.25) is 0 Å². The molecule has 0 radical (unpaired) electrons. The highest BCUT2D eigenvalue weighted by Crippen LogP contribution is 2.29. The summed E-state index contributed by atoms with van der Waals surface area (Å²) in [5, 5.41) is 0. The lowest BCUT2D eigenvalue weighted by Gasteiger charge is -2.38. The molecule has 2 nitrogen and oxygen atoms in total. The van der Waals surface area contributed by atoms with E-state index >= 15 is 0 Å². The topological polar surface area (TPSA) is 29.3 Å². The van der Waals surface area contributed by atoms with Gasteiger partial charge in [-0.15, -0.1) is 0 Å². The second kappa shape index (κ2) is 4.52. The van der Waals surface area contributed by atoms with Crippen molar-refractivity contribution in [2.75, 3.05) is 14.1 Å². The molecule has 0 aliphatic carbocycles. The number of hydrogen-bond acceptors (Lipinski definition) is 2. The lowest BCUT2D eigenvalue weighted by atomic mass is 9.86. The normalized spacial score (nSPS) is 14.2. The summed E-state index contributed by atoms with van der Waals surface area (Å²) in [7, 11) is 3.96. The second-order valence-electron chi connectivity index (χ2n) is 5.03. The van der Waals surface area contributed by atoms with E-state index in [9.17, 15) is 4.39 Å². The van der Waals surface area contributed by atoms with Crippen LogP contribution in [0.1, 0.15) is 31.0 Å². The molecule has 0 saturated carbocycles. The number of hydrogen-bond donors (Lipinski definition) is 1. The van der Waals surface area contributed by atoms with E-state index < -0.39 is 0 Å². The van der Waals surface area contributed by atoms with Crippen molar-refractivity contribution in [3.05, 3.63) is 35.1 Å². The van der Waals surface area contributed by atoms with E-state index in [-0.39, 0.29) is 17.4 Å². The number of halogens is 1. The molecular weight excluding hydrogens is 203 g/mol. The Morgan fingerprint density at radius 2 is 1.88 bits per heavy atom. The lowest BCUT2D eigenvalue weighted by molar-refractivity contribution is 0.158. The summed E-state index contributed by atoms with van der Waals surface area (Å²) in [4.78, 5) is 2.06. The Kier molecular flexibility index (Phi) is 3.71. The minimum Gasteiger partial charge on any atom is -0.322 e. The number of rotatable bonds is 3. The fraction of sp³-hybridized carbons (Fsp3) is 0.538.